The molecule has 6 heteroatoms. The highest BCUT2D eigenvalue weighted by atomic mass is 32.1. The first-order chi connectivity index (χ1) is 8.67. The Morgan fingerprint density at radius 2 is 2.33 bits per heavy atom. The highest BCUT2D eigenvalue weighted by molar-refractivity contribution is 7.21. The number of aryl methyl sites for hydroxylation is 1. The van der Waals surface area contributed by atoms with Crippen LogP contribution in [0.3, 0.4) is 0 Å². The van der Waals surface area contributed by atoms with Crippen LogP contribution >= 0.6 is 11.3 Å². The largest absolute Gasteiger partial charge is 0.462 e. The Kier molecular flexibility index (Phi) is 3.50. The summed E-state index contributed by atoms with van der Waals surface area (Å²) in [4.78, 5) is 15.1. The van der Waals surface area contributed by atoms with Gasteiger partial charge in [-0.1, -0.05) is 11.2 Å². The van der Waals surface area contributed by atoms with E-state index in [0.29, 0.717) is 17.2 Å². The minimum atomic E-state index is -0.304. The van der Waals surface area contributed by atoms with E-state index in [1.807, 2.05) is 13.0 Å². The minimum Gasteiger partial charge on any atom is -0.462 e. The molecule has 2 aromatic rings. The molecule has 0 amide bonds. The SMILES string of the molecule is CCOC(=O)c1sc2ccc(N=[N+]=[N-])cc2c1C. The molecule has 0 bridgehead atoms. The minimum absolute atomic E-state index is 0.304. The van der Waals surface area contributed by atoms with Gasteiger partial charge in [0.05, 0.1) is 6.61 Å². The number of ether oxygens (including phenoxy) is 1. The Bertz CT molecular complexity index is 657. The van der Waals surface area contributed by atoms with Crippen LogP contribution in [0, 0.1) is 6.92 Å². The molecule has 0 unspecified atom stereocenters. The molecule has 0 spiro atoms. The molecule has 1 heterocycles. The van der Waals surface area contributed by atoms with Crippen molar-refractivity contribution in [1.29, 1.82) is 0 Å². The molecule has 0 saturated carbocycles. The van der Waals surface area contributed by atoms with Crippen LogP contribution in [0.1, 0.15) is 22.2 Å². The number of fused-ring (bicyclic) bond motifs is 1. The zero-order valence-electron chi connectivity index (χ0n) is 10.0. The van der Waals surface area contributed by atoms with Crippen LogP contribution in [0.2, 0.25) is 0 Å². The third-order valence-electron chi connectivity index (χ3n) is 2.54. The van der Waals surface area contributed by atoms with E-state index in [0.717, 1.165) is 15.6 Å². The summed E-state index contributed by atoms with van der Waals surface area (Å²) in [5.74, 6) is -0.304. The van der Waals surface area contributed by atoms with Gasteiger partial charge >= 0.3 is 5.97 Å². The van der Waals surface area contributed by atoms with Gasteiger partial charge in [0.25, 0.3) is 0 Å². The number of nitrogens with zero attached hydrogens (tertiary/aromatic N) is 3. The van der Waals surface area contributed by atoms with Crippen LogP contribution in [-0.2, 0) is 4.74 Å². The van der Waals surface area contributed by atoms with Gasteiger partial charge < -0.3 is 4.74 Å². The van der Waals surface area contributed by atoms with E-state index < -0.39 is 0 Å². The summed E-state index contributed by atoms with van der Waals surface area (Å²) in [6.45, 7) is 4.00. The van der Waals surface area contributed by atoms with Gasteiger partial charge in [0.2, 0.25) is 0 Å². The highest BCUT2D eigenvalue weighted by Crippen LogP contribution is 2.33. The number of azide groups is 1. The number of rotatable bonds is 3. The molecule has 5 nitrogen and oxygen atoms in total. The fraction of sp³-hybridized carbons (Fsp3) is 0.250. The lowest BCUT2D eigenvalue weighted by atomic mass is 10.1. The number of carbonyl (C=O) groups excluding carboxylic acids is 1. The van der Waals surface area contributed by atoms with E-state index in [4.69, 9.17) is 10.3 Å². The van der Waals surface area contributed by atoms with Crippen molar-refractivity contribution in [3.05, 3.63) is 39.1 Å². The van der Waals surface area contributed by atoms with Crippen molar-refractivity contribution >= 4 is 33.1 Å². The van der Waals surface area contributed by atoms with Gasteiger partial charge in [0, 0.05) is 15.3 Å². The molecule has 0 N–H and O–H groups in total. The summed E-state index contributed by atoms with van der Waals surface area (Å²) in [5.41, 5.74) is 9.82. The predicted octanol–water partition coefficient (Wildman–Crippen LogP) is 4.33. The molecule has 92 valence electrons. The summed E-state index contributed by atoms with van der Waals surface area (Å²) in [6, 6.07) is 5.36. The molecule has 0 aliphatic heterocycles. The molecule has 0 aliphatic carbocycles. The average molecular weight is 261 g/mol. The number of carbonyl (C=O) groups is 1. The number of thiophene rings is 1. The van der Waals surface area contributed by atoms with Crippen LogP contribution in [0.5, 0.6) is 0 Å². The molecule has 0 radical (unpaired) electrons. The van der Waals surface area contributed by atoms with Gasteiger partial charge in [-0.15, -0.1) is 11.3 Å². The molecule has 0 atom stereocenters. The van der Waals surface area contributed by atoms with E-state index in [1.165, 1.54) is 11.3 Å². The Labute approximate surface area is 108 Å². The van der Waals surface area contributed by atoms with Crippen molar-refractivity contribution in [1.82, 2.24) is 0 Å². The average Bonchev–Trinajstić information content (AvgIpc) is 2.68. The van der Waals surface area contributed by atoms with Crippen LogP contribution in [0.25, 0.3) is 20.5 Å². The Balaban J connectivity index is 2.56. The fourth-order valence-electron chi connectivity index (χ4n) is 1.71. The molecule has 0 saturated heterocycles. The maximum Gasteiger partial charge on any atom is 0.348 e. The van der Waals surface area contributed by atoms with Gasteiger partial charge in [0.15, 0.2) is 0 Å². The molecule has 2 rings (SSSR count). The summed E-state index contributed by atoms with van der Waals surface area (Å²) >= 11 is 1.39. The van der Waals surface area contributed by atoms with Gasteiger partial charge in [0.1, 0.15) is 4.88 Å². The van der Waals surface area contributed by atoms with Crippen molar-refractivity contribution in [2.45, 2.75) is 13.8 Å². The van der Waals surface area contributed by atoms with Crippen molar-refractivity contribution in [2.24, 2.45) is 5.11 Å². The van der Waals surface area contributed by atoms with E-state index in [1.54, 1.807) is 19.1 Å². The lowest BCUT2D eigenvalue weighted by Gasteiger charge is -1.99. The number of benzene rings is 1. The van der Waals surface area contributed by atoms with E-state index in [-0.39, 0.29) is 5.97 Å². The monoisotopic (exact) mass is 261 g/mol. The van der Waals surface area contributed by atoms with Crippen LogP contribution < -0.4 is 0 Å². The topological polar surface area (TPSA) is 75.1 Å². The van der Waals surface area contributed by atoms with Gasteiger partial charge in [-0.3, -0.25) is 0 Å². The first-order valence-electron chi connectivity index (χ1n) is 5.42. The van der Waals surface area contributed by atoms with Crippen molar-refractivity contribution in [2.75, 3.05) is 6.61 Å². The van der Waals surface area contributed by atoms with Gasteiger partial charge in [-0.25, -0.2) is 4.79 Å². The fourth-order valence-corrected chi connectivity index (χ4v) is 2.80. The zero-order valence-corrected chi connectivity index (χ0v) is 10.8. The summed E-state index contributed by atoms with van der Waals surface area (Å²) < 4.78 is 5.98. The maximum atomic E-state index is 11.8. The smallest absolute Gasteiger partial charge is 0.348 e. The Morgan fingerprint density at radius 1 is 1.56 bits per heavy atom. The quantitative estimate of drug-likeness (QED) is 0.357. The second-order valence-electron chi connectivity index (χ2n) is 3.65. The van der Waals surface area contributed by atoms with E-state index >= 15 is 0 Å². The van der Waals surface area contributed by atoms with Gasteiger partial charge in [-0.2, -0.15) is 0 Å². The summed E-state index contributed by atoms with van der Waals surface area (Å²) in [7, 11) is 0. The molecule has 0 aliphatic rings. The third-order valence-corrected chi connectivity index (χ3v) is 3.79. The second-order valence-corrected chi connectivity index (χ2v) is 4.70. The van der Waals surface area contributed by atoms with Crippen LogP contribution in [0.4, 0.5) is 5.69 Å². The maximum absolute atomic E-state index is 11.8. The number of hydrogen-bond acceptors (Lipinski definition) is 4. The third kappa shape index (κ3) is 2.16. The van der Waals surface area contributed by atoms with Crippen molar-refractivity contribution in [3.63, 3.8) is 0 Å². The molecule has 0 fully saturated rings. The number of hydrogen-bond donors (Lipinski definition) is 0. The number of esters is 1. The molecule has 18 heavy (non-hydrogen) atoms. The highest BCUT2D eigenvalue weighted by Gasteiger charge is 2.16. The molecule has 1 aromatic carbocycles. The van der Waals surface area contributed by atoms with Gasteiger partial charge in [-0.05, 0) is 42.5 Å². The van der Waals surface area contributed by atoms with Crippen molar-refractivity contribution < 1.29 is 9.53 Å². The molecular formula is C12H11N3O2S. The first-order valence-corrected chi connectivity index (χ1v) is 6.24. The molecular weight excluding hydrogens is 250 g/mol. The molecule has 1 aromatic heterocycles. The first kappa shape index (κ1) is 12.4. The zero-order chi connectivity index (χ0) is 13.1. The Hall–Kier alpha value is -2.04. The second kappa shape index (κ2) is 5.08. The summed E-state index contributed by atoms with van der Waals surface area (Å²) in [5, 5.41) is 4.48. The predicted molar refractivity (Wildman–Crippen MR) is 71.3 cm³/mol. The van der Waals surface area contributed by atoms with Crippen LogP contribution in [0.15, 0.2) is 23.3 Å². The van der Waals surface area contributed by atoms with E-state index in [2.05, 4.69) is 10.0 Å². The normalized spacial score (nSPS) is 10.1. The van der Waals surface area contributed by atoms with Crippen LogP contribution in [-0.4, -0.2) is 12.6 Å². The lowest BCUT2D eigenvalue weighted by Crippen LogP contribution is -2.03. The standard InChI is InChI=1S/C12H11N3O2S/c1-3-17-12(16)11-7(2)9-6-8(14-15-13)4-5-10(9)18-11/h4-6H,3H2,1-2H3. The Morgan fingerprint density at radius 3 is 3.00 bits per heavy atom. The van der Waals surface area contributed by atoms with Crippen molar-refractivity contribution in [3.8, 4) is 0 Å². The van der Waals surface area contributed by atoms with E-state index in [9.17, 15) is 4.79 Å². The summed E-state index contributed by atoms with van der Waals surface area (Å²) in [6.07, 6.45) is 0. The lowest BCUT2D eigenvalue weighted by molar-refractivity contribution is 0.0531.